The molecule has 144 heavy (non-hydrogen) atoms. The Kier molecular flexibility index (Phi) is 37.6. The molecular formula is C103H126F13N15O13. The second kappa shape index (κ2) is 46.3. The zero-order chi connectivity index (χ0) is 109. The number of anilines is 5. The van der Waals surface area contributed by atoms with E-state index < -0.39 is 162 Å². The van der Waals surface area contributed by atoms with E-state index in [0.29, 0.717) is 92.5 Å². The highest BCUT2D eigenvalue weighted by molar-refractivity contribution is 6.09. The summed E-state index contributed by atoms with van der Waals surface area (Å²) in [5, 5.41) is 35.8. The van der Waals surface area contributed by atoms with Gasteiger partial charge in [0.2, 0.25) is 0 Å². The van der Waals surface area contributed by atoms with Crippen molar-refractivity contribution in [3.05, 3.63) is 264 Å². The van der Waals surface area contributed by atoms with Gasteiger partial charge in [-0.15, -0.1) is 0 Å². The number of methoxy groups -OCH3 is 1. The van der Waals surface area contributed by atoms with Crippen LogP contribution < -0.4 is 53.2 Å². The summed E-state index contributed by atoms with van der Waals surface area (Å²) in [7, 11) is 5.75. The number of amides is 10. The summed E-state index contributed by atoms with van der Waals surface area (Å²) in [6, 6.07) is 24.4. The molecule has 11 N–H and O–H groups in total. The number of aromatic nitrogens is 5. The lowest BCUT2D eigenvalue weighted by Gasteiger charge is -2.35. The second-order valence-corrected chi connectivity index (χ2v) is 39.2. The van der Waals surface area contributed by atoms with Crippen LogP contribution in [0, 0.1) is 77.6 Å². The predicted octanol–water partition coefficient (Wildman–Crippen LogP) is 18.8. The molecule has 2 atom stereocenters. The molecule has 41 heteroatoms. The lowest BCUT2D eigenvalue weighted by atomic mass is 9.90. The average Bonchev–Trinajstić information content (AvgIpc) is 1.60. The van der Waals surface area contributed by atoms with Gasteiger partial charge in [0, 0.05) is 129 Å². The molecule has 6 heterocycles. The number of nitrogens with one attached hydrogen (secondary N) is 10. The number of aryl methyl sites for hydroxylation is 9. The molecule has 5 aromatic heterocycles. The normalized spacial score (nSPS) is 13.9. The number of aliphatic hydroxyl groups is 1. The van der Waals surface area contributed by atoms with Gasteiger partial charge in [0.05, 0.1) is 63.6 Å². The summed E-state index contributed by atoms with van der Waals surface area (Å²) in [6.45, 7) is 36.8. The minimum Gasteiger partial charge on any atom is -0.382 e. The standard InChI is InChI=1S/C22H30FN3O3.C21H24F3N3O3.C20H24F3N3O3.2C20H24F3N3O2/c1-12-11-15(9-10-16(12)23)24-19(27)18-13(2)17(14(3)26(18)8)22(7,29)20(28)25-21(4,5)6;1-13-9-15(5-6-16(13)22)25-18(28)14-10-17(27(3)11-14)21(23,24)19(29)26-20(2)7-4-8-30-12-20;1-12-8-14(6-7-15(12)21)24-17(27)13-9-16(26(4)10-13)20(22,23)18(28)25-19(2,3)11-29-5;1-6-26-11-13(17(27)24-14-7-8-15(21)12(2)9-14)10-16(26)20(22,23)18(28)25-19(3,4)5;1-6-26-10-9-14(16(26)20(22,23)18(28)25-19(3,4)5)17(27)24-13-7-8-15(21)12(2)11-13/h9-11,29H,1-8H3,(H,24,27)(H,25,28);5-6,9-11H,4,7-8,12H2,1-3H3,(H,25,28)(H,26,29);6-10H,11H2,1-5H3,(H,24,27)(H,25,28);2*7-11H,6H2,1-5H3,(H,24,27)(H,25,28). The molecule has 1 aliphatic heterocycles. The van der Waals surface area contributed by atoms with Crippen LogP contribution in [0.2, 0.25) is 0 Å². The van der Waals surface area contributed by atoms with Gasteiger partial charge < -0.3 is 90.6 Å². The number of hydrogen-bond donors (Lipinski definition) is 11. The van der Waals surface area contributed by atoms with Gasteiger partial charge in [-0.05, 0) is 314 Å². The topological polar surface area (TPSA) is 354 Å². The molecule has 0 bridgehead atoms. The van der Waals surface area contributed by atoms with Crippen LogP contribution >= 0.6 is 0 Å². The maximum absolute atomic E-state index is 15.0. The summed E-state index contributed by atoms with van der Waals surface area (Å²) in [5.74, 6) is -27.1. The van der Waals surface area contributed by atoms with Crippen molar-refractivity contribution in [2.45, 2.75) is 235 Å². The highest BCUT2D eigenvalue weighted by Gasteiger charge is 2.51. The monoisotopic (exact) mass is 2030 g/mol. The predicted molar refractivity (Wildman–Crippen MR) is 521 cm³/mol. The Balaban J connectivity index is 0.000000244. The van der Waals surface area contributed by atoms with Crippen molar-refractivity contribution in [3.8, 4) is 0 Å². The first-order chi connectivity index (χ1) is 66.3. The van der Waals surface area contributed by atoms with Gasteiger partial charge in [-0.2, -0.15) is 35.1 Å². The summed E-state index contributed by atoms with van der Waals surface area (Å²) < 4.78 is 202. The van der Waals surface area contributed by atoms with Gasteiger partial charge in [-0.1, -0.05) is 0 Å². The van der Waals surface area contributed by atoms with Crippen LogP contribution in [0.25, 0.3) is 0 Å². The molecule has 10 amide bonds. The third kappa shape index (κ3) is 29.9. The summed E-state index contributed by atoms with van der Waals surface area (Å²) in [4.78, 5) is 124. The molecule has 1 fully saturated rings. The maximum atomic E-state index is 15.0. The molecule has 0 radical (unpaired) electrons. The average molecular weight is 2030 g/mol. The third-order valence-electron chi connectivity index (χ3n) is 22.4. The van der Waals surface area contributed by atoms with E-state index >= 15 is 0 Å². The van der Waals surface area contributed by atoms with Gasteiger partial charge in [0.25, 0.3) is 59.1 Å². The molecule has 11 rings (SSSR count). The molecule has 1 aliphatic rings. The van der Waals surface area contributed by atoms with Crippen molar-refractivity contribution in [3.63, 3.8) is 0 Å². The number of hydrogen-bond acceptors (Lipinski definition) is 13. The van der Waals surface area contributed by atoms with Crippen molar-refractivity contribution in [2.24, 2.45) is 21.1 Å². The number of nitrogens with zero attached hydrogens (tertiary/aromatic N) is 5. The van der Waals surface area contributed by atoms with Gasteiger partial charge >= 0.3 is 23.7 Å². The first-order valence-electron chi connectivity index (χ1n) is 45.5. The minimum absolute atomic E-state index is 0.0259. The SMILES string of the molecule is CCn1cc(C(=O)Nc2ccc(F)c(C)c2)cc1C(F)(F)C(=O)NC(C)(C)C.CCn1ccc(C(=O)Nc2ccc(F)c(C)c2)c1C(F)(F)C(=O)NC(C)(C)C.COCC(C)(C)NC(=O)C(F)(F)c1cc(C(=O)Nc2ccc(F)c(C)c2)cn1C.Cc1cc(NC(=O)c2c(C)c(C(C)(O)C(=O)NC(C)(C)C)c(C)n2C)ccc1F.Cc1cc(NC(=O)c2cc(C(F)(F)C(=O)NC3(C)CCCOC3)n(C)c2)ccc1F. The Morgan fingerprint density at radius 3 is 1.11 bits per heavy atom. The van der Waals surface area contributed by atoms with Crippen molar-refractivity contribution in [1.82, 2.24) is 49.4 Å². The lowest BCUT2D eigenvalue weighted by molar-refractivity contribution is -0.151. The zero-order valence-corrected chi connectivity index (χ0v) is 85.2. The van der Waals surface area contributed by atoms with E-state index in [1.807, 2.05) is 20.8 Å². The Morgan fingerprint density at radius 1 is 0.424 bits per heavy atom. The molecule has 10 aromatic rings. The summed E-state index contributed by atoms with van der Waals surface area (Å²) in [5.41, 5.74) is -3.56. The van der Waals surface area contributed by atoms with E-state index in [1.54, 1.807) is 128 Å². The molecule has 2 unspecified atom stereocenters. The van der Waals surface area contributed by atoms with E-state index in [-0.39, 0.29) is 60.1 Å². The van der Waals surface area contributed by atoms with Crippen LogP contribution in [-0.2, 0) is 97.0 Å². The zero-order valence-electron chi connectivity index (χ0n) is 85.2. The van der Waals surface area contributed by atoms with Crippen LogP contribution in [0.15, 0.2) is 140 Å². The molecule has 0 saturated carbocycles. The number of ether oxygens (including phenoxy) is 2. The van der Waals surface area contributed by atoms with E-state index in [1.165, 1.54) is 158 Å². The Bertz CT molecular complexity index is 6420. The van der Waals surface area contributed by atoms with Crippen molar-refractivity contribution in [2.75, 3.05) is 53.5 Å². The second-order valence-electron chi connectivity index (χ2n) is 39.2. The fraction of sp³-hybridized carbons (Fsp3) is 0.417. The molecule has 782 valence electrons. The molecular weight excluding hydrogens is 1900 g/mol. The molecule has 28 nitrogen and oxygen atoms in total. The first-order valence-corrected chi connectivity index (χ1v) is 45.5. The molecule has 1 saturated heterocycles. The molecule has 5 aromatic carbocycles. The number of halogens is 13. The quantitative estimate of drug-likeness (QED) is 0.0225. The van der Waals surface area contributed by atoms with Crippen molar-refractivity contribution >= 4 is 87.5 Å². The van der Waals surface area contributed by atoms with Gasteiger partial charge in [-0.25, -0.2) is 22.0 Å². The highest BCUT2D eigenvalue weighted by Crippen LogP contribution is 2.39. The van der Waals surface area contributed by atoms with E-state index in [0.717, 1.165) is 36.5 Å². The summed E-state index contributed by atoms with van der Waals surface area (Å²) >= 11 is 0. The smallest absolute Gasteiger partial charge is 0.364 e. The van der Waals surface area contributed by atoms with Crippen LogP contribution in [-0.4, -0.2) is 142 Å². The van der Waals surface area contributed by atoms with Gasteiger partial charge in [-0.3, -0.25) is 47.9 Å². The van der Waals surface area contributed by atoms with Crippen LogP contribution in [0.3, 0.4) is 0 Å². The summed E-state index contributed by atoms with van der Waals surface area (Å²) in [6.07, 6.45) is 6.21. The lowest BCUT2D eigenvalue weighted by Crippen LogP contribution is -2.55. The number of carbonyl (C=O) groups excluding carboxylic acids is 10. The number of rotatable bonds is 26. The van der Waals surface area contributed by atoms with Crippen LogP contribution in [0.1, 0.15) is 236 Å². The van der Waals surface area contributed by atoms with Crippen LogP contribution in [0.4, 0.5) is 85.5 Å². The Morgan fingerprint density at radius 2 is 0.757 bits per heavy atom. The third-order valence-corrected chi connectivity index (χ3v) is 22.4. The highest BCUT2D eigenvalue weighted by atomic mass is 19.3. The molecule has 0 aliphatic carbocycles. The molecule has 0 spiro atoms. The van der Waals surface area contributed by atoms with Gasteiger partial charge in [0.15, 0.2) is 5.60 Å². The maximum Gasteiger partial charge on any atom is 0.364 e. The Labute approximate surface area is 827 Å². The minimum atomic E-state index is -3.92. The fourth-order valence-electron chi connectivity index (χ4n) is 15.1. The van der Waals surface area contributed by atoms with Crippen molar-refractivity contribution in [1.29, 1.82) is 0 Å². The number of benzene rings is 5. The van der Waals surface area contributed by atoms with Crippen molar-refractivity contribution < 1.29 is 120 Å². The number of alkyl halides is 8. The van der Waals surface area contributed by atoms with E-state index in [9.17, 15) is 110 Å². The van der Waals surface area contributed by atoms with Gasteiger partial charge in [0.1, 0.15) is 40.5 Å². The first kappa shape index (κ1) is 117. The Hall–Kier alpha value is -13.8. The largest absolute Gasteiger partial charge is 0.382 e. The number of carbonyl (C=O) groups is 10. The van der Waals surface area contributed by atoms with E-state index in [2.05, 4.69) is 53.2 Å². The fourth-order valence-corrected chi connectivity index (χ4v) is 15.1. The van der Waals surface area contributed by atoms with E-state index in [4.69, 9.17) is 9.47 Å². The van der Waals surface area contributed by atoms with Crippen LogP contribution in [0.5, 0.6) is 0 Å².